The second-order valence-electron chi connectivity index (χ2n) is 1.87. The van der Waals surface area contributed by atoms with Gasteiger partial charge >= 0.3 is 0 Å². The summed E-state index contributed by atoms with van der Waals surface area (Å²) in [5.41, 5.74) is 8.79. The van der Waals surface area contributed by atoms with Crippen molar-refractivity contribution < 1.29 is 5.21 Å². The lowest BCUT2D eigenvalue weighted by atomic mass is 10.3. The molecule has 0 saturated carbocycles. The van der Waals surface area contributed by atoms with Gasteiger partial charge in [0.2, 0.25) is 0 Å². The number of hydrazine groups is 1. The van der Waals surface area contributed by atoms with Gasteiger partial charge in [0, 0.05) is 0 Å². The highest BCUT2D eigenvalue weighted by Crippen LogP contribution is 2.02. The van der Waals surface area contributed by atoms with Crippen LogP contribution in [0.3, 0.4) is 0 Å². The van der Waals surface area contributed by atoms with E-state index in [1.807, 2.05) is 6.92 Å². The Labute approximate surface area is 53.2 Å². The molecule has 0 aliphatic carbocycles. The molecule has 9 heavy (non-hydrogen) atoms. The van der Waals surface area contributed by atoms with E-state index in [2.05, 4.69) is 5.43 Å². The zero-order valence-corrected chi connectivity index (χ0v) is 5.13. The van der Waals surface area contributed by atoms with Crippen LogP contribution in [0.4, 0.5) is 0 Å². The third-order valence-corrected chi connectivity index (χ3v) is 1.13. The summed E-state index contributed by atoms with van der Waals surface area (Å²) in [5.74, 6) is 0.472. The second kappa shape index (κ2) is 1.99. The lowest BCUT2D eigenvalue weighted by Gasteiger charge is -2.19. The number of allylic oxidation sites excluding steroid dienone is 2. The van der Waals surface area contributed by atoms with Gasteiger partial charge in [-0.3, -0.25) is 10.6 Å². The largest absolute Gasteiger partial charge is 0.384 e. The molecule has 0 saturated heterocycles. The van der Waals surface area contributed by atoms with Crippen molar-refractivity contribution in [1.29, 1.82) is 0 Å². The third-order valence-electron chi connectivity index (χ3n) is 1.13. The number of hydrogen-bond donors (Lipinski definition) is 3. The van der Waals surface area contributed by atoms with Crippen LogP contribution in [0.2, 0.25) is 0 Å². The normalized spacial score (nSPS) is 18.2. The Kier molecular flexibility index (Phi) is 1.32. The molecule has 4 heteroatoms. The first-order chi connectivity index (χ1) is 4.20. The van der Waals surface area contributed by atoms with Crippen molar-refractivity contribution in [3.05, 3.63) is 23.7 Å². The molecule has 1 aliphatic rings. The molecule has 0 unspecified atom stereocenters. The maximum absolute atomic E-state index is 8.72. The van der Waals surface area contributed by atoms with Gasteiger partial charge in [0.1, 0.15) is 5.82 Å². The molecule has 1 aliphatic heterocycles. The summed E-state index contributed by atoms with van der Waals surface area (Å²) in [7, 11) is 0. The molecule has 0 atom stereocenters. The van der Waals surface area contributed by atoms with E-state index < -0.39 is 0 Å². The van der Waals surface area contributed by atoms with Gasteiger partial charge in [0.15, 0.2) is 0 Å². The SMILES string of the molecule is CC1=C(N)NN(O)C=C1. The van der Waals surface area contributed by atoms with Gasteiger partial charge in [-0.25, -0.2) is 0 Å². The lowest BCUT2D eigenvalue weighted by molar-refractivity contribution is -0.0807. The van der Waals surface area contributed by atoms with Crippen molar-refractivity contribution in [3.8, 4) is 0 Å². The molecule has 0 fully saturated rings. The Morgan fingerprint density at radius 2 is 2.44 bits per heavy atom. The van der Waals surface area contributed by atoms with Crippen LogP contribution in [0.5, 0.6) is 0 Å². The van der Waals surface area contributed by atoms with E-state index in [0.29, 0.717) is 5.82 Å². The van der Waals surface area contributed by atoms with E-state index in [-0.39, 0.29) is 0 Å². The van der Waals surface area contributed by atoms with E-state index >= 15 is 0 Å². The Morgan fingerprint density at radius 1 is 1.78 bits per heavy atom. The molecule has 0 spiro atoms. The average Bonchev–Trinajstić information content (AvgIpc) is 1.80. The summed E-state index contributed by atoms with van der Waals surface area (Å²) in [5, 5.41) is 9.53. The van der Waals surface area contributed by atoms with Gasteiger partial charge in [-0.1, -0.05) is 0 Å². The highest BCUT2D eigenvalue weighted by Gasteiger charge is 2.01. The highest BCUT2D eigenvalue weighted by atomic mass is 16.5. The van der Waals surface area contributed by atoms with Crippen LogP contribution in [0.25, 0.3) is 0 Å². The number of nitrogens with two attached hydrogens (primary N) is 1. The number of rotatable bonds is 0. The molecule has 1 rings (SSSR count). The minimum atomic E-state index is 0.472. The fourth-order valence-corrected chi connectivity index (χ4v) is 0.521. The van der Waals surface area contributed by atoms with Crippen LogP contribution in [0.1, 0.15) is 6.92 Å². The van der Waals surface area contributed by atoms with Crippen molar-refractivity contribution in [1.82, 2.24) is 10.6 Å². The summed E-state index contributed by atoms with van der Waals surface area (Å²) in [6.07, 6.45) is 3.19. The average molecular weight is 127 g/mol. The molecule has 0 aromatic carbocycles. The van der Waals surface area contributed by atoms with Crippen LogP contribution in [-0.2, 0) is 0 Å². The summed E-state index contributed by atoms with van der Waals surface area (Å²) in [6.45, 7) is 1.85. The van der Waals surface area contributed by atoms with Crippen molar-refractivity contribution in [2.75, 3.05) is 0 Å². The Bertz CT molecular complexity index is 173. The first kappa shape index (κ1) is 5.97. The van der Waals surface area contributed by atoms with Gasteiger partial charge in [-0.15, -0.1) is 0 Å². The van der Waals surface area contributed by atoms with E-state index in [0.717, 1.165) is 10.7 Å². The van der Waals surface area contributed by atoms with Crippen molar-refractivity contribution in [2.24, 2.45) is 5.73 Å². The monoisotopic (exact) mass is 127 g/mol. The van der Waals surface area contributed by atoms with E-state index in [1.54, 1.807) is 6.08 Å². The smallest absolute Gasteiger partial charge is 0.120 e. The van der Waals surface area contributed by atoms with E-state index in [9.17, 15) is 0 Å². The van der Waals surface area contributed by atoms with Gasteiger partial charge in [0.05, 0.1) is 6.20 Å². The van der Waals surface area contributed by atoms with Gasteiger partial charge in [-0.2, -0.15) is 5.17 Å². The molecule has 1 heterocycles. The summed E-state index contributed by atoms with van der Waals surface area (Å²) in [4.78, 5) is 0. The van der Waals surface area contributed by atoms with Gasteiger partial charge in [0.25, 0.3) is 0 Å². The molecule has 0 radical (unpaired) electrons. The Balaban J connectivity index is 2.75. The summed E-state index contributed by atoms with van der Waals surface area (Å²) < 4.78 is 0. The van der Waals surface area contributed by atoms with Crippen LogP contribution < -0.4 is 11.2 Å². The quantitative estimate of drug-likeness (QED) is 0.425. The number of nitrogens with one attached hydrogen (secondary N) is 1. The summed E-state index contributed by atoms with van der Waals surface area (Å²) in [6, 6.07) is 0. The van der Waals surface area contributed by atoms with Gasteiger partial charge in [-0.05, 0) is 18.6 Å². The van der Waals surface area contributed by atoms with Crippen molar-refractivity contribution >= 4 is 0 Å². The number of hydroxylamine groups is 1. The first-order valence-corrected chi connectivity index (χ1v) is 2.59. The van der Waals surface area contributed by atoms with Crippen molar-refractivity contribution in [3.63, 3.8) is 0 Å². The molecule has 0 bridgehead atoms. The maximum atomic E-state index is 8.72. The second-order valence-corrected chi connectivity index (χ2v) is 1.87. The van der Waals surface area contributed by atoms with Gasteiger partial charge < -0.3 is 5.73 Å². The predicted octanol–water partition coefficient (Wildman–Crippen LogP) is -0.100. The molecule has 50 valence electrons. The number of nitrogens with zero attached hydrogens (tertiary/aromatic N) is 1. The first-order valence-electron chi connectivity index (χ1n) is 2.59. The number of hydrogen-bond acceptors (Lipinski definition) is 4. The fourth-order valence-electron chi connectivity index (χ4n) is 0.521. The van der Waals surface area contributed by atoms with Crippen LogP contribution >= 0.6 is 0 Å². The molecule has 4 nitrogen and oxygen atoms in total. The molecular formula is C5H9N3O. The molecule has 0 aromatic heterocycles. The molecular weight excluding hydrogens is 118 g/mol. The minimum Gasteiger partial charge on any atom is -0.384 e. The van der Waals surface area contributed by atoms with Crippen molar-refractivity contribution in [2.45, 2.75) is 6.92 Å². The maximum Gasteiger partial charge on any atom is 0.120 e. The van der Waals surface area contributed by atoms with Crippen LogP contribution in [-0.4, -0.2) is 10.4 Å². The standard InChI is InChI=1S/C5H9N3O/c1-4-2-3-8(9)7-5(4)6/h2-3,7,9H,6H2,1H3. The lowest BCUT2D eigenvalue weighted by Crippen LogP contribution is -2.36. The minimum absolute atomic E-state index is 0.472. The zero-order valence-electron chi connectivity index (χ0n) is 5.13. The molecule has 0 amide bonds. The summed E-state index contributed by atoms with van der Waals surface area (Å²) >= 11 is 0. The van der Waals surface area contributed by atoms with E-state index in [1.165, 1.54) is 6.20 Å². The molecule has 0 aromatic rings. The van der Waals surface area contributed by atoms with E-state index in [4.69, 9.17) is 10.9 Å². The predicted molar refractivity (Wildman–Crippen MR) is 32.8 cm³/mol. The fraction of sp³-hybridized carbons (Fsp3) is 0.200. The van der Waals surface area contributed by atoms with Crippen LogP contribution in [0.15, 0.2) is 23.7 Å². The third kappa shape index (κ3) is 1.14. The zero-order chi connectivity index (χ0) is 6.85. The topological polar surface area (TPSA) is 61.5 Å². The van der Waals surface area contributed by atoms with Crippen LogP contribution in [0, 0.1) is 0 Å². The Hall–Kier alpha value is -1.16. The Morgan fingerprint density at radius 3 is 2.89 bits per heavy atom. The highest BCUT2D eigenvalue weighted by molar-refractivity contribution is 5.22. The molecule has 4 N–H and O–H groups in total.